The van der Waals surface area contributed by atoms with Crippen LogP contribution in [0.3, 0.4) is 0 Å². The van der Waals surface area contributed by atoms with Crippen LogP contribution in [0.15, 0.2) is 41.3 Å². The zero-order chi connectivity index (χ0) is 23.4. The van der Waals surface area contributed by atoms with Crippen LogP contribution in [0.2, 0.25) is 0 Å². The maximum atomic E-state index is 12.7. The van der Waals surface area contributed by atoms with E-state index in [-0.39, 0.29) is 5.82 Å². The molecule has 1 saturated heterocycles. The molecular formula is C23H31N3O7. The van der Waals surface area contributed by atoms with E-state index in [2.05, 4.69) is 4.98 Å². The molecule has 1 saturated carbocycles. The van der Waals surface area contributed by atoms with Crippen LogP contribution < -0.4 is 11.2 Å². The van der Waals surface area contributed by atoms with Crippen LogP contribution in [0.25, 0.3) is 0 Å². The summed E-state index contributed by atoms with van der Waals surface area (Å²) in [4.78, 5) is 16.6. The fourth-order valence-electron chi connectivity index (χ4n) is 4.64. The van der Waals surface area contributed by atoms with Gasteiger partial charge in [0.15, 0.2) is 12.0 Å². The van der Waals surface area contributed by atoms with Crippen molar-refractivity contribution in [2.24, 2.45) is 5.92 Å². The van der Waals surface area contributed by atoms with Gasteiger partial charge < -0.3 is 24.8 Å². The van der Waals surface area contributed by atoms with Crippen molar-refractivity contribution < 1.29 is 30.0 Å². The van der Waals surface area contributed by atoms with Gasteiger partial charge in [0.1, 0.15) is 24.4 Å². The molecule has 0 radical (unpaired) electrons. The standard InChI is InChI=1S/C23H31N3O7/c27-12-17-18(28)19(29)22(33-17)26-11-16(21(25-31)24-23(26)30)20(15-9-5-2-6-10-15)32-13-14-7-3-1-4-8-14/h2,5-6,9-11,14,17-20,22,27-29,31H,1,3-4,7-8,12-13H2,(H,24,25,30)/t17-,18-,19-,20?,22-/m1/s1. The molecule has 1 aromatic heterocycles. The molecule has 33 heavy (non-hydrogen) atoms. The second kappa shape index (κ2) is 10.7. The van der Waals surface area contributed by atoms with Gasteiger partial charge in [0.2, 0.25) is 0 Å². The van der Waals surface area contributed by atoms with E-state index in [1.807, 2.05) is 35.8 Å². The van der Waals surface area contributed by atoms with Crippen molar-refractivity contribution in [1.29, 1.82) is 0 Å². The highest BCUT2D eigenvalue weighted by Gasteiger charge is 2.44. The number of aliphatic hydroxyl groups is 3. The molecule has 5 N–H and O–H groups in total. The van der Waals surface area contributed by atoms with E-state index in [9.17, 15) is 25.3 Å². The molecule has 4 rings (SSSR count). The first-order valence-corrected chi connectivity index (χ1v) is 11.4. The number of ether oxygens (including phenoxy) is 2. The van der Waals surface area contributed by atoms with E-state index >= 15 is 0 Å². The summed E-state index contributed by atoms with van der Waals surface area (Å²) in [7, 11) is 0. The molecule has 2 heterocycles. The maximum Gasteiger partial charge on any atom is 0.351 e. The van der Waals surface area contributed by atoms with Gasteiger partial charge in [0.05, 0.1) is 13.2 Å². The molecule has 2 fully saturated rings. The SMILES string of the molecule is O=c1nc(NO)c(C(OCC2CCCCC2)c2ccccc2)cn1[C@@H]1O[C@H](CO)[C@@H](O)[C@H]1O. The molecule has 1 unspecified atom stereocenters. The number of nitrogens with zero attached hydrogens (tertiary/aromatic N) is 2. The van der Waals surface area contributed by atoms with Gasteiger partial charge in [-0.3, -0.25) is 15.3 Å². The summed E-state index contributed by atoms with van der Waals surface area (Å²) in [5, 5.41) is 39.6. The third-order valence-electron chi connectivity index (χ3n) is 6.49. The molecule has 180 valence electrons. The lowest BCUT2D eigenvalue weighted by molar-refractivity contribution is -0.0554. The van der Waals surface area contributed by atoms with E-state index in [0.29, 0.717) is 18.1 Å². The van der Waals surface area contributed by atoms with Gasteiger partial charge >= 0.3 is 5.69 Å². The Morgan fingerprint density at radius 3 is 2.52 bits per heavy atom. The van der Waals surface area contributed by atoms with Crippen LogP contribution in [0.5, 0.6) is 0 Å². The van der Waals surface area contributed by atoms with Gasteiger partial charge in [-0.15, -0.1) is 0 Å². The minimum Gasteiger partial charge on any atom is -0.394 e. The van der Waals surface area contributed by atoms with Crippen LogP contribution in [0.4, 0.5) is 5.82 Å². The Bertz CT molecular complexity index is 964. The predicted molar refractivity (Wildman–Crippen MR) is 118 cm³/mol. The highest BCUT2D eigenvalue weighted by atomic mass is 16.6. The van der Waals surface area contributed by atoms with Crippen molar-refractivity contribution in [3.05, 3.63) is 58.1 Å². The summed E-state index contributed by atoms with van der Waals surface area (Å²) in [6.07, 6.45) is 1.42. The number of rotatable bonds is 8. The first-order chi connectivity index (χ1) is 16.0. The van der Waals surface area contributed by atoms with E-state index in [4.69, 9.17) is 9.47 Å². The Morgan fingerprint density at radius 1 is 1.15 bits per heavy atom. The maximum absolute atomic E-state index is 12.7. The molecule has 1 aliphatic heterocycles. The summed E-state index contributed by atoms with van der Waals surface area (Å²) >= 11 is 0. The number of anilines is 1. The molecular weight excluding hydrogens is 430 g/mol. The Kier molecular flexibility index (Phi) is 7.74. The van der Waals surface area contributed by atoms with Crippen molar-refractivity contribution >= 4 is 5.82 Å². The molecule has 0 spiro atoms. The molecule has 0 bridgehead atoms. The highest BCUT2D eigenvalue weighted by Crippen LogP contribution is 2.34. The van der Waals surface area contributed by atoms with Crippen LogP contribution in [-0.4, -0.2) is 61.6 Å². The van der Waals surface area contributed by atoms with Crippen LogP contribution in [-0.2, 0) is 9.47 Å². The average Bonchev–Trinajstić information content (AvgIpc) is 3.14. The van der Waals surface area contributed by atoms with Crippen molar-refractivity contribution in [2.75, 3.05) is 18.7 Å². The first kappa shape index (κ1) is 23.8. The molecule has 1 aliphatic carbocycles. The van der Waals surface area contributed by atoms with Crippen molar-refractivity contribution in [2.45, 2.75) is 62.7 Å². The lowest BCUT2D eigenvalue weighted by Gasteiger charge is -2.27. The van der Waals surface area contributed by atoms with Gasteiger partial charge in [-0.2, -0.15) is 4.98 Å². The summed E-state index contributed by atoms with van der Waals surface area (Å²) in [6.45, 7) is -0.00537. The lowest BCUT2D eigenvalue weighted by Crippen LogP contribution is -2.36. The van der Waals surface area contributed by atoms with Crippen molar-refractivity contribution in [3.8, 4) is 0 Å². The Hall–Kier alpha value is -2.34. The summed E-state index contributed by atoms with van der Waals surface area (Å²) in [6, 6.07) is 9.39. The summed E-state index contributed by atoms with van der Waals surface area (Å²) in [5.74, 6) is 0.357. The van der Waals surface area contributed by atoms with Crippen LogP contribution in [0, 0.1) is 5.92 Å². The van der Waals surface area contributed by atoms with Gasteiger partial charge in [-0.05, 0) is 24.3 Å². The number of hydrogen-bond acceptors (Lipinski definition) is 9. The minimum atomic E-state index is -1.44. The van der Waals surface area contributed by atoms with Crippen molar-refractivity contribution in [1.82, 2.24) is 9.55 Å². The fourth-order valence-corrected chi connectivity index (χ4v) is 4.64. The van der Waals surface area contributed by atoms with E-state index < -0.39 is 42.9 Å². The van der Waals surface area contributed by atoms with Gasteiger partial charge in [-0.1, -0.05) is 49.6 Å². The zero-order valence-electron chi connectivity index (χ0n) is 18.3. The highest BCUT2D eigenvalue weighted by molar-refractivity contribution is 5.45. The van der Waals surface area contributed by atoms with Crippen molar-refractivity contribution in [3.63, 3.8) is 0 Å². The number of nitrogens with one attached hydrogen (secondary N) is 1. The van der Waals surface area contributed by atoms with Crippen LogP contribution >= 0.6 is 0 Å². The quantitative estimate of drug-likeness (QED) is 0.368. The van der Waals surface area contributed by atoms with Gasteiger partial charge in [0.25, 0.3) is 0 Å². The lowest BCUT2D eigenvalue weighted by atomic mass is 9.90. The smallest absolute Gasteiger partial charge is 0.351 e. The third-order valence-corrected chi connectivity index (χ3v) is 6.49. The van der Waals surface area contributed by atoms with Crippen LogP contribution in [0.1, 0.15) is 55.6 Å². The van der Waals surface area contributed by atoms with Gasteiger partial charge in [0, 0.05) is 11.8 Å². The number of hydrogen-bond donors (Lipinski definition) is 5. The summed E-state index contributed by atoms with van der Waals surface area (Å²) in [5.41, 5.74) is 2.36. The second-order valence-corrected chi connectivity index (χ2v) is 8.70. The number of aromatic nitrogens is 2. The molecule has 10 nitrogen and oxygen atoms in total. The molecule has 1 aromatic carbocycles. The Balaban J connectivity index is 1.71. The molecule has 2 aromatic rings. The second-order valence-electron chi connectivity index (χ2n) is 8.70. The van der Waals surface area contributed by atoms with Gasteiger partial charge in [-0.25, -0.2) is 4.79 Å². The minimum absolute atomic E-state index is 0.0690. The molecule has 0 amide bonds. The molecule has 2 aliphatic rings. The topological polar surface area (TPSA) is 146 Å². The summed E-state index contributed by atoms with van der Waals surface area (Å²) < 4.78 is 12.9. The average molecular weight is 462 g/mol. The monoisotopic (exact) mass is 461 g/mol. The number of benzene rings is 1. The number of aliphatic hydroxyl groups excluding tert-OH is 3. The fraction of sp³-hybridized carbons (Fsp3) is 0.565. The van der Waals surface area contributed by atoms with E-state index in [0.717, 1.165) is 23.0 Å². The van der Waals surface area contributed by atoms with E-state index in [1.165, 1.54) is 25.5 Å². The molecule has 5 atom stereocenters. The largest absolute Gasteiger partial charge is 0.394 e. The normalized spacial score (nSPS) is 26.9. The Labute approximate surface area is 191 Å². The van der Waals surface area contributed by atoms with E-state index in [1.54, 1.807) is 0 Å². The molecule has 10 heteroatoms. The zero-order valence-corrected chi connectivity index (χ0v) is 18.3. The Morgan fingerprint density at radius 2 is 1.88 bits per heavy atom. The predicted octanol–water partition coefficient (Wildman–Crippen LogP) is 1.34. The first-order valence-electron chi connectivity index (χ1n) is 11.4. The third kappa shape index (κ3) is 5.11.